The minimum atomic E-state index is -0.334. The number of esters is 1. The molecule has 0 atom stereocenters. The third kappa shape index (κ3) is 2.52. The van der Waals surface area contributed by atoms with Crippen LogP contribution in [0.5, 0.6) is 0 Å². The van der Waals surface area contributed by atoms with Gasteiger partial charge in [-0.1, -0.05) is 54.1 Å². The first-order chi connectivity index (χ1) is 10.2. The number of rotatable bonds is 2. The molecule has 0 heterocycles. The van der Waals surface area contributed by atoms with Gasteiger partial charge in [-0.2, -0.15) is 0 Å². The largest absolute Gasteiger partial charge is 0.466 e. The van der Waals surface area contributed by atoms with Gasteiger partial charge in [-0.3, -0.25) is 0 Å². The van der Waals surface area contributed by atoms with Crippen molar-refractivity contribution in [2.24, 2.45) is 0 Å². The van der Waals surface area contributed by atoms with E-state index >= 15 is 0 Å². The zero-order chi connectivity index (χ0) is 14.8. The van der Waals surface area contributed by atoms with Gasteiger partial charge in [0.25, 0.3) is 0 Å². The first kappa shape index (κ1) is 13.4. The summed E-state index contributed by atoms with van der Waals surface area (Å²) in [5.74, 6) is -0.334. The molecule has 104 valence electrons. The van der Waals surface area contributed by atoms with Crippen LogP contribution in [0, 0.1) is 6.92 Å². The van der Waals surface area contributed by atoms with E-state index in [1.165, 1.54) is 12.7 Å². The number of ether oxygens (including phenoxy) is 1. The highest BCUT2D eigenvalue weighted by atomic mass is 16.5. The van der Waals surface area contributed by atoms with Crippen molar-refractivity contribution in [2.75, 3.05) is 7.11 Å². The maximum absolute atomic E-state index is 11.7. The van der Waals surface area contributed by atoms with Gasteiger partial charge in [0.15, 0.2) is 0 Å². The van der Waals surface area contributed by atoms with Crippen molar-refractivity contribution in [2.45, 2.75) is 6.92 Å². The molecule has 0 fully saturated rings. The van der Waals surface area contributed by atoms with E-state index in [0.29, 0.717) is 0 Å². The van der Waals surface area contributed by atoms with Crippen LogP contribution in [0.15, 0.2) is 54.6 Å². The molecule has 2 heteroatoms. The Morgan fingerprint density at radius 2 is 1.76 bits per heavy atom. The van der Waals surface area contributed by atoms with Crippen LogP contribution in [-0.4, -0.2) is 13.1 Å². The van der Waals surface area contributed by atoms with Gasteiger partial charge in [0, 0.05) is 6.08 Å². The number of benzene rings is 2. The van der Waals surface area contributed by atoms with Gasteiger partial charge in [-0.15, -0.1) is 0 Å². The third-order valence-corrected chi connectivity index (χ3v) is 3.67. The molecule has 3 rings (SSSR count). The zero-order valence-electron chi connectivity index (χ0n) is 12.1. The fraction of sp³-hybridized carbons (Fsp3) is 0.105. The molecule has 0 unspecified atom stereocenters. The van der Waals surface area contributed by atoms with Crippen LogP contribution in [0.4, 0.5) is 0 Å². The van der Waals surface area contributed by atoms with Gasteiger partial charge in [-0.05, 0) is 40.8 Å². The second-order valence-electron chi connectivity index (χ2n) is 5.09. The number of hydrogen-bond donors (Lipinski definition) is 0. The average molecular weight is 276 g/mol. The molecule has 0 saturated carbocycles. The van der Waals surface area contributed by atoms with E-state index < -0.39 is 0 Å². The summed E-state index contributed by atoms with van der Waals surface area (Å²) < 4.78 is 4.79. The van der Waals surface area contributed by atoms with Crippen LogP contribution in [0.25, 0.3) is 17.2 Å². The lowest BCUT2D eigenvalue weighted by molar-refractivity contribution is -0.134. The van der Waals surface area contributed by atoms with Crippen molar-refractivity contribution in [1.82, 2.24) is 0 Å². The molecular formula is C19H16O2. The number of methoxy groups -OCH3 is 1. The van der Waals surface area contributed by atoms with E-state index in [0.717, 1.165) is 27.8 Å². The molecule has 0 saturated heterocycles. The van der Waals surface area contributed by atoms with E-state index in [1.54, 1.807) is 6.08 Å². The fourth-order valence-electron chi connectivity index (χ4n) is 2.55. The van der Waals surface area contributed by atoms with Crippen LogP contribution < -0.4 is 0 Å². The minimum absolute atomic E-state index is 0.334. The van der Waals surface area contributed by atoms with E-state index in [2.05, 4.69) is 43.3 Å². The Bertz CT molecular complexity index is 749. The summed E-state index contributed by atoms with van der Waals surface area (Å²) in [5, 5.41) is 0. The number of allylic oxidation sites excluding steroid dienone is 2. The molecule has 2 aromatic rings. The standard InChI is InChI=1S/C19H16O2/c1-13-7-9-14(10-8-13)17-11-15-5-3-4-6-16(15)18(17)12-19(20)21-2/h3-12H,1-2H3/b18-12+. The van der Waals surface area contributed by atoms with Gasteiger partial charge in [0.2, 0.25) is 0 Å². The monoisotopic (exact) mass is 276 g/mol. The second-order valence-corrected chi connectivity index (χ2v) is 5.09. The number of hydrogen-bond acceptors (Lipinski definition) is 2. The van der Waals surface area contributed by atoms with Crippen molar-refractivity contribution >= 4 is 23.2 Å². The Labute approximate surface area is 124 Å². The lowest BCUT2D eigenvalue weighted by atomic mass is 9.96. The van der Waals surface area contributed by atoms with Crippen LogP contribution in [0.1, 0.15) is 22.3 Å². The smallest absolute Gasteiger partial charge is 0.331 e. The summed E-state index contributed by atoms with van der Waals surface area (Å²) in [6.07, 6.45) is 3.69. The molecule has 0 spiro atoms. The van der Waals surface area contributed by atoms with Crippen molar-refractivity contribution in [1.29, 1.82) is 0 Å². The van der Waals surface area contributed by atoms with Gasteiger partial charge < -0.3 is 4.74 Å². The van der Waals surface area contributed by atoms with Crippen molar-refractivity contribution in [3.8, 4) is 0 Å². The van der Waals surface area contributed by atoms with E-state index in [9.17, 15) is 4.79 Å². The first-order valence-electron chi connectivity index (χ1n) is 6.87. The number of fused-ring (bicyclic) bond motifs is 1. The Morgan fingerprint density at radius 3 is 2.48 bits per heavy atom. The van der Waals surface area contributed by atoms with E-state index in [-0.39, 0.29) is 5.97 Å². The molecule has 0 aromatic heterocycles. The molecule has 1 aliphatic carbocycles. The van der Waals surface area contributed by atoms with Gasteiger partial charge in [0.1, 0.15) is 0 Å². The maximum Gasteiger partial charge on any atom is 0.331 e. The SMILES string of the molecule is COC(=O)/C=C1/C(c2ccc(C)cc2)=Cc2ccccc21. The van der Waals surface area contributed by atoms with Crippen molar-refractivity contribution < 1.29 is 9.53 Å². The first-order valence-corrected chi connectivity index (χ1v) is 6.87. The normalized spacial score (nSPS) is 14.8. The molecule has 0 amide bonds. The number of carbonyl (C=O) groups is 1. The molecule has 0 bridgehead atoms. The highest BCUT2D eigenvalue weighted by molar-refractivity contribution is 6.20. The predicted octanol–water partition coefficient (Wildman–Crippen LogP) is 4.11. The Morgan fingerprint density at radius 1 is 1.05 bits per heavy atom. The summed E-state index contributed by atoms with van der Waals surface area (Å²) in [6.45, 7) is 2.06. The maximum atomic E-state index is 11.7. The third-order valence-electron chi connectivity index (χ3n) is 3.67. The highest BCUT2D eigenvalue weighted by Gasteiger charge is 2.20. The fourth-order valence-corrected chi connectivity index (χ4v) is 2.55. The van der Waals surface area contributed by atoms with Crippen LogP contribution in [0.2, 0.25) is 0 Å². The molecule has 21 heavy (non-hydrogen) atoms. The summed E-state index contributed by atoms with van der Waals surface area (Å²) in [5.41, 5.74) is 6.49. The van der Waals surface area contributed by atoms with Crippen LogP contribution in [0.3, 0.4) is 0 Å². The second kappa shape index (κ2) is 5.41. The Balaban J connectivity index is 2.13. The van der Waals surface area contributed by atoms with Gasteiger partial charge in [-0.25, -0.2) is 4.79 Å². The van der Waals surface area contributed by atoms with Crippen molar-refractivity contribution in [3.05, 3.63) is 76.9 Å². The number of aryl methyl sites for hydroxylation is 1. The number of carbonyl (C=O) groups excluding carboxylic acids is 1. The molecule has 1 aliphatic rings. The summed E-state index contributed by atoms with van der Waals surface area (Å²) in [7, 11) is 1.40. The highest BCUT2D eigenvalue weighted by Crippen LogP contribution is 2.41. The van der Waals surface area contributed by atoms with Crippen LogP contribution in [-0.2, 0) is 9.53 Å². The lowest BCUT2D eigenvalue weighted by Crippen LogP contribution is -1.97. The molecule has 2 aromatic carbocycles. The topological polar surface area (TPSA) is 26.3 Å². The van der Waals surface area contributed by atoms with Gasteiger partial charge >= 0.3 is 5.97 Å². The molecule has 0 N–H and O–H groups in total. The summed E-state index contributed by atoms with van der Waals surface area (Å²) in [6, 6.07) is 16.4. The molecule has 2 nitrogen and oxygen atoms in total. The lowest BCUT2D eigenvalue weighted by Gasteiger charge is -2.08. The Hall–Kier alpha value is -2.61. The summed E-state index contributed by atoms with van der Waals surface area (Å²) >= 11 is 0. The van der Waals surface area contributed by atoms with Crippen LogP contribution >= 0.6 is 0 Å². The summed E-state index contributed by atoms with van der Waals surface area (Å²) in [4.78, 5) is 11.7. The quantitative estimate of drug-likeness (QED) is 0.609. The average Bonchev–Trinajstić information content (AvgIpc) is 2.87. The predicted molar refractivity (Wildman–Crippen MR) is 85.5 cm³/mol. The van der Waals surface area contributed by atoms with E-state index in [4.69, 9.17) is 4.74 Å². The van der Waals surface area contributed by atoms with Gasteiger partial charge in [0.05, 0.1) is 7.11 Å². The minimum Gasteiger partial charge on any atom is -0.466 e. The van der Waals surface area contributed by atoms with E-state index in [1.807, 2.05) is 18.2 Å². The molecule has 0 aliphatic heterocycles. The molecular weight excluding hydrogens is 260 g/mol. The molecule has 0 radical (unpaired) electrons. The Kier molecular flexibility index (Phi) is 3.44. The van der Waals surface area contributed by atoms with Crippen molar-refractivity contribution in [3.63, 3.8) is 0 Å². The zero-order valence-corrected chi connectivity index (χ0v) is 12.1.